The lowest BCUT2D eigenvalue weighted by Crippen LogP contribution is -2.30. The molecule has 3 rings (SSSR count). The molecule has 10 heteroatoms. The van der Waals surface area contributed by atoms with Gasteiger partial charge in [-0.05, 0) is 56.3 Å². The predicted octanol–water partition coefficient (Wildman–Crippen LogP) is 3.16. The molecular weight excluding hydrogens is 446 g/mol. The van der Waals surface area contributed by atoms with Gasteiger partial charge in [0.05, 0.1) is 31.2 Å². The number of benzene rings is 2. The largest absolute Gasteiger partial charge is 0.495 e. The van der Waals surface area contributed by atoms with Gasteiger partial charge in [-0.1, -0.05) is 12.1 Å². The van der Waals surface area contributed by atoms with E-state index in [1.165, 1.54) is 31.6 Å². The summed E-state index contributed by atoms with van der Waals surface area (Å²) in [5.74, 6) is -0.282. The number of para-hydroxylation sites is 1. The van der Waals surface area contributed by atoms with Gasteiger partial charge in [0.1, 0.15) is 16.4 Å². The van der Waals surface area contributed by atoms with Crippen molar-refractivity contribution < 1.29 is 27.2 Å². The predicted molar refractivity (Wildman–Crippen MR) is 123 cm³/mol. The molecule has 1 aromatic heterocycles. The minimum absolute atomic E-state index is 0.0886. The van der Waals surface area contributed by atoms with E-state index >= 15 is 0 Å². The van der Waals surface area contributed by atoms with Gasteiger partial charge in [-0.25, -0.2) is 13.1 Å². The van der Waals surface area contributed by atoms with Gasteiger partial charge in [-0.3, -0.25) is 9.59 Å². The number of ether oxygens (including phenoxy) is 1. The maximum absolute atomic E-state index is 12.9. The first-order valence-electron chi connectivity index (χ1n) is 10.1. The summed E-state index contributed by atoms with van der Waals surface area (Å²) in [5.41, 5.74) is 0.617. The molecule has 2 aromatic carbocycles. The summed E-state index contributed by atoms with van der Waals surface area (Å²) in [5, 5.41) is 5.41. The highest BCUT2D eigenvalue weighted by Gasteiger charge is 2.23. The highest BCUT2D eigenvalue weighted by atomic mass is 32.2. The number of anilines is 1. The molecule has 3 N–H and O–H groups in total. The number of rotatable bonds is 9. The summed E-state index contributed by atoms with van der Waals surface area (Å²) in [6.07, 6.45) is 1.51. The van der Waals surface area contributed by atoms with E-state index in [0.717, 1.165) is 0 Å². The molecule has 0 aliphatic heterocycles. The first kappa shape index (κ1) is 24.0. The van der Waals surface area contributed by atoms with Crippen molar-refractivity contribution in [2.45, 2.75) is 31.3 Å². The van der Waals surface area contributed by atoms with Gasteiger partial charge in [-0.15, -0.1) is 0 Å². The Kier molecular flexibility index (Phi) is 7.52. The topological polar surface area (TPSA) is 127 Å². The minimum Gasteiger partial charge on any atom is -0.495 e. The Hall–Kier alpha value is -3.63. The third kappa shape index (κ3) is 5.99. The van der Waals surface area contributed by atoms with E-state index in [4.69, 9.17) is 9.15 Å². The lowest BCUT2D eigenvalue weighted by molar-refractivity contribution is 0.0949. The van der Waals surface area contributed by atoms with Crippen LogP contribution in [0, 0.1) is 0 Å². The van der Waals surface area contributed by atoms with E-state index in [1.54, 1.807) is 50.2 Å². The highest BCUT2D eigenvalue weighted by Crippen LogP contribution is 2.26. The van der Waals surface area contributed by atoms with Crippen LogP contribution >= 0.6 is 0 Å². The lowest BCUT2D eigenvalue weighted by Gasteiger charge is -2.15. The van der Waals surface area contributed by atoms with Gasteiger partial charge in [0.2, 0.25) is 10.0 Å². The Morgan fingerprint density at radius 3 is 2.45 bits per heavy atom. The summed E-state index contributed by atoms with van der Waals surface area (Å²) in [4.78, 5) is 25.4. The van der Waals surface area contributed by atoms with Gasteiger partial charge in [-0.2, -0.15) is 0 Å². The number of methoxy groups -OCH3 is 1. The lowest BCUT2D eigenvalue weighted by atomic mass is 10.1. The van der Waals surface area contributed by atoms with Crippen molar-refractivity contribution in [1.29, 1.82) is 0 Å². The highest BCUT2D eigenvalue weighted by molar-refractivity contribution is 7.89. The van der Waals surface area contributed by atoms with Crippen LogP contribution in [0.4, 0.5) is 5.69 Å². The molecule has 174 valence electrons. The van der Waals surface area contributed by atoms with Crippen LogP contribution < -0.4 is 20.1 Å². The summed E-state index contributed by atoms with van der Waals surface area (Å²) >= 11 is 0. The normalized spacial score (nSPS) is 11.3. The summed E-state index contributed by atoms with van der Waals surface area (Å²) in [6.45, 7) is 3.57. The van der Waals surface area contributed by atoms with E-state index in [9.17, 15) is 18.0 Å². The number of nitrogens with one attached hydrogen (secondary N) is 3. The Balaban J connectivity index is 1.83. The Bertz CT molecular complexity index is 1240. The van der Waals surface area contributed by atoms with Crippen LogP contribution in [0.15, 0.2) is 70.2 Å². The third-order valence-electron chi connectivity index (χ3n) is 4.53. The zero-order chi connectivity index (χ0) is 24.0. The molecule has 0 aliphatic rings. The van der Waals surface area contributed by atoms with Crippen LogP contribution in [-0.4, -0.2) is 33.4 Å². The number of amides is 2. The van der Waals surface area contributed by atoms with E-state index in [1.807, 2.05) is 0 Å². The SMILES string of the molecule is COc1ccc(C(=O)Nc2ccccc2C(=O)NCc2ccco2)cc1S(=O)(=O)NC(C)C. The maximum atomic E-state index is 12.9. The molecule has 0 saturated carbocycles. The number of carbonyl (C=O) groups is 2. The molecule has 0 bridgehead atoms. The second kappa shape index (κ2) is 10.3. The zero-order valence-corrected chi connectivity index (χ0v) is 19.2. The van der Waals surface area contributed by atoms with E-state index in [0.29, 0.717) is 5.76 Å². The molecule has 9 nitrogen and oxygen atoms in total. The van der Waals surface area contributed by atoms with Gasteiger partial charge in [0.15, 0.2) is 0 Å². The number of hydrogen-bond donors (Lipinski definition) is 3. The molecule has 0 spiro atoms. The fraction of sp³-hybridized carbons (Fsp3) is 0.217. The Morgan fingerprint density at radius 2 is 1.79 bits per heavy atom. The molecule has 0 radical (unpaired) electrons. The van der Waals surface area contributed by atoms with Gasteiger partial charge in [0.25, 0.3) is 11.8 Å². The van der Waals surface area contributed by atoms with Crippen molar-refractivity contribution in [3.05, 3.63) is 77.7 Å². The maximum Gasteiger partial charge on any atom is 0.255 e. The summed E-state index contributed by atoms with van der Waals surface area (Å²) in [6, 6.07) is 13.7. The number of hydrogen-bond acceptors (Lipinski definition) is 6. The van der Waals surface area contributed by atoms with Crippen molar-refractivity contribution in [3.63, 3.8) is 0 Å². The Labute approximate surface area is 192 Å². The molecule has 0 unspecified atom stereocenters. The molecule has 1 heterocycles. The quantitative estimate of drug-likeness (QED) is 0.440. The van der Waals surface area contributed by atoms with Crippen LogP contribution in [0.5, 0.6) is 5.75 Å². The fourth-order valence-corrected chi connectivity index (χ4v) is 4.51. The van der Waals surface area contributed by atoms with Crippen LogP contribution in [0.3, 0.4) is 0 Å². The summed E-state index contributed by atoms with van der Waals surface area (Å²) < 4.78 is 38.2. The first-order chi connectivity index (χ1) is 15.7. The van der Waals surface area contributed by atoms with Crippen molar-refractivity contribution in [3.8, 4) is 5.75 Å². The molecular formula is C23H25N3O6S. The Morgan fingerprint density at radius 1 is 1.03 bits per heavy atom. The van der Waals surface area contributed by atoms with Gasteiger partial charge in [0, 0.05) is 11.6 Å². The van der Waals surface area contributed by atoms with E-state index < -0.39 is 21.8 Å². The second-order valence-electron chi connectivity index (χ2n) is 7.40. The molecule has 0 fully saturated rings. The van der Waals surface area contributed by atoms with Crippen molar-refractivity contribution in [1.82, 2.24) is 10.0 Å². The van der Waals surface area contributed by atoms with E-state index in [2.05, 4.69) is 15.4 Å². The van der Waals surface area contributed by atoms with Crippen LogP contribution in [-0.2, 0) is 16.6 Å². The fourth-order valence-electron chi connectivity index (χ4n) is 3.06. The van der Waals surface area contributed by atoms with Crippen LogP contribution in [0.1, 0.15) is 40.3 Å². The minimum atomic E-state index is -3.91. The van der Waals surface area contributed by atoms with Crippen LogP contribution in [0.2, 0.25) is 0 Å². The zero-order valence-electron chi connectivity index (χ0n) is 18.4. The molecule has 2 amide bonds. The van der Waals surface area contributed by atoms with Crippen molar-refractivity contribution >= 4 is 27.5 Å². The average Bonchev–Trinajstić information content (AvgIpc) is 3.30. The molecule has 0 aliphatic carbocycles. The number of furan rings is 1. The molecule has 3 aromatic rings. The average molecular weight is 472 g/mol. The summed E-state index contributed by atoms with van der Waals surface area (Å²) in [7, 11) is -2.56. The van der Waals surface area contributed by atoms with Crippen molar-refractivity contribution in [2.24, 2.45) is 0 Å². The van der Waals surface area contributed by atoms with E-state index in [-0.39, 0.29) is 40.0 Å². The second-order valence-corrected chi connectivity index (χ2v) is 9.09. The van der Waals surface area contributed by atoms with Gasteiger partial charge < -0.3 is 19.8 Å². The third-order valence-corrected chi connectivity index (χ3v) is 6.21. The smallest absolute Gasteiger partial charge is 0.255 e. The monoisotopic (exact) mass is 471 g/mol. The number of sulfonamides is 1. The molecule has 33 heavy (non-hydrogen) atoms. The van der Waals surface area contributed by atoms with Crippen LogP contribution in [0.25, 0.3) is 0 Å². The standard InChI is InChI=1S/C23H25N3O6S/c1-15(2)26-33(29,30)21-13-16(10-11-20(21)31-3)22(27)25-19-9-5-4-8-18(19)23(28)24-14-17-7-6-12-32-17/h4-13,15,26H,14H2,1-3H3,(H,24,28)(H,25,27). The van der Waals surface area contributed by atoms with Gasteiger partial charge >= 0.3 is 0 Å². The number of carbonyl (C=O) groups excluding carboxylic acids is 2. The first-order valence-corrected chi connectivity index (χ1v) is 11.6. The molecule has 0 saturated heterocycles. The molecule has 0 atom stereocenters. The van der Waals surface area contributed by atoms with Crippen molar-refractivity contribution in [2.75, 3.05) is 12.4 Å².